The molecule has 0 bridgehead atoms. The van der Waals surface area contributed by atoms with E-state index in [0.717, 1.165) is 23.3 Å². The number of nitrogen functional groups attached to an aromatic ring is 1. The quantitative estimate of drug-likeness (QED) is 0.917. The minimum absolute atomic E-state index is 0.385. The molecule has 20 heavy (non-hydrogen) atoms. The first kappa shape index (κ1) is 14.3. The highest BCUT2D eigenvalue weighted by Gasteiger charge is 2.11. The fourth-order valence-corrected chi connectivity index (χ4v) is 2.02. The van der Waals surface area contributed by atoms with Gasteiger partial charge in [-0.2, -0.15) is 4.98 Å². The van der Waals surface area contributed by atoms with Crippen LogP contribution in [0.4, 0.5) is 5.82 Å². The van der Waals surface area contributed by atoms with Crippen molar-refractivity contribution in [2.24, 2.45) is 0 Å². The first-order valence-electron chi connectivity index (χ1n) is 6.91. The summed E-state index contributed by atoms with van der Waals surface area (Å²) in [5.41, 5.74) is 8.10. The van der Waals surface area contributed by atoms with Gasteiger partial charge in [0.25, 0.3) is 0 Å². The van der Waals surface area contributed by atoms with E-state index < -0.39 is 0 Å². The molecule has 0 aliphatic rings. The Morgan fingerprint density at radius 3 is 2.60 bits per heavy atom. The van der Waals surface area contributed by atoms with Gasteiger partial charge in [-0.25, -0.2) is 4.98 Å². The van der Waals surface area contributed by atoms with E-state index in [1.165, 1.54) is 0 Å². The highest BCUT2D eigenvalue weighted by atomic mass is 16.5. The number of benzene rings is 1. The summed E-state index contributed by atoms with van der Waals surface area (Å²) < 4.78 is 5.94. The Hall–Kier alpha value is -2.10. The molecule has 0 radical (unpaired) electrons. The van der Waals surface area contributed by atoms with Gasteiger partial charge >= 0.3 is 0 Å². The van der Waals surface area contributed by atoms with E-state index in [0.29, 0.717) is 23.4 Å². The van der Waals surface area contributed by atoms with Crippen LogP contribution in [-0.2, 0) is 6.42 Å². The topological polar surface area (TPSA) is 61.0 Å². The highest BCUT2D eigenvalue weighted by molar-refractivity contribution is 5.42. The van der Waals surface area contributed by atoms with E-state index >= 15 is 0 Å². The number of aryl methyl sites for hydroxylation is 2. The van der Waals surface area contributed by atoms with Crippen molar-refractivity contribution in [2.45, 2.75) is 40.0 Å². The van der Waals surface area contributed by atoms with Crippen LogP contribution in [0.5, 0.6) is 11.6 Å². The van der Waals surface area contributed by atoms with Crippen LogP contribution in [0.1, 0.15) is 43.6 Å². The number of nitrogens with zero attached hydrogens (tertiary/aromatic N) is 2. The minimum atomic E-state index is 0.385. The second-order valence-corrected chi connectivity index (χ2v) is 5.20. The Morgan fingerprint density at radius 1 is 1.20 bits per heavy atom. The van der Waals surface area contributed by atoms with Gasteiger partial charge < -0.3 is 10.5 Å². The molecule has 2 rings (SSSR count). The summed E-state index contributed by atoms with van der Waals surface area (Å²) in [7, 11) is 0. The summed E-state index contributed by atoms with van der Waals surface area (Å²) in [4.78, 5) is 8.52. The van der Waals surface area contributed by atoms with Crippen molar-refractivity contribution in [3.05, 3.63) is 41.2 Å². The van der Waals surface area contributed by atoms with E-state index in [1.54, 1.807) is 6.07 Å². The van der Waals surface area contributed by atoms with Crippen LogP contribution in [0.2, 0.25) is 0 Å². The molecule has 106 valence electrons. The molecule has 0 atom stereocenters. The van der Waals surface area contributed by atoms with Gasteiger partial charge in [-0.3, -0.25) is 0 Å². The lowest BCUT2D eigenvalue weighted by Gasteiger charge is -2.14. The lowest BCUT2D eigenvalue weighted by Crippen LogP contribution is -2.02. The molecule has 0 aliphatic heterocycles. The monoisotopic (exact) mass is 271 g/mol. The molecule has 1 heterocycles. The van der Waals surface area contributed by atoms with E-state index in [-0.39, 0.29) is 0 Å². The van der Waals surface area contributed by atoms with E-state index in [9.17, 15) is 0 Å². The Balaban J connectivity index is 2.38. The SMILES string of the molecule is CCc1nc(N)cc(Oc2cc(C)ccc2C(C)C)n1. The van der Waals surface area contributed by atoms with Crippen LogP contribution in [0.25, 0.3) is 0 Å². The molecule has 0 amide bonds. The summed E-state index contributed by atoms with van der Waals surface area (Å²) in [6.07, 6.45) is 0.728. The predicted octanol–water partition coefficient (Wildman–Crippen LogP) is 3.85. The lowest BCUT2D eigenvalue weighted by atomic mass is 10.0. The maximum Gasteiger partial charge on any atom is 0.224 e. The Kier molecular flexibility index (Phi) is 4.23. The molecule has 0 spiro atoms. The molecular formula is C16H21N3O. The van der Waals surface area contributed by atoms with Gasteiger partial charge in [0.15, 0.2) is 0 Å². The average Bonchev–Trinajstić information content (AvgIpc) is 2.37. The Morgan fingerprint density at radius 2 is 1.95 bits per heavy atom. The summed E-state index contributed by atoms with van der Waals surface area (Å²) in [6, 6.07) is 7.87. The highest BCUT2D eigenvalue weighted by Crippen LogP contribution is 2.31. The third-order valence-corrected chi connectivity index (χ3v) is 3.09. The number of anilines is 1. The number of hydrogen-bond donors (Lipinski definition) is 1. The summed E-state index contributed by atoms with van der Waals surface area (Å²) >= 11 is 0. The molecular weight excluding hydrogens is 250 g/mol. The van der Waals surface area contributed by atoms with Crippen LogP contribution < -0.4 is 10.5 Å². The Labute approximate surface area is 120 Å². The van der Waals surface area contributed by atoms with Gasteiger partial charge in [0.1, 0.15) is 17.4 Å². The van der Waals surface area contributed by atoms with Gasteiger partial charge in [-0.1, -0.05) is 32.9 Å². The number of rotatable bonds is 4. The van der Waals surface area contributed by atoms with Crippen molar-refractivity contribution < 1.29 is 4.74 Å². The zero-order chi connectivity index (χ0) is 14.7. The lowest BCUT2D eigenvalue weighted by molar-refractivity contribution is 0.450. The van der Waals surface area contributed by atoms with Crippen LogP contribution in [0.15, 0.2) is 24.3 Å². The summed E-state index contributed by atoms with van der Waals surface area (Å²) in [5.74, 6) is 2.85. The molecule has 1 aromatic heterocycles. The molecule has 0 fully saturated rings. The molecule has 0 saturated carbocycles. The van der Waals surface area contributed by atoms with Gasteiger partial charge in [0, 0.05) is 12.5 Å². The number of aromatic nitrogens is 2. The molecule has 0 unspecified atom stereocenters. The average molecular weight is 271 g/mol. The van der Waals surface area contributed by atoms with Crippen molar-refractivity contribution in [3.8, 4) is 11.6 Å². The summed E-state index contributed by atoms with van der Waals surface area (Å²) in [5, 5.41) is 0. The zero-order valence-electron chi connectivity index (χ0n) is 12.5. The first-order valence-corrected chi connectivity index (χ1v) is 6.91. The molecule has 0 saturated heterocycles. The molecule has 4 nitrogen and oxygen atoms in total. The third kappa shape index (κ3) is 3.26. The number of hydrogen-bond acceptors (Lipinski definition) is 4. The van der Waals surface area contributed by atoms with Crippen LogP contribution in [-0.4, -0.2) is 9.97 Å². The smallest absolute Gasteiger partial charge is 0.224 e. The van der Waals surface area contributed by atoms with Crippen molar-refractivity contribution in [1.82, 2.24) is 9.97 Å². The fourth-order valence-electron chi connectivity index (χ4n) is 2.02. The largest absolute Gasteiger partial charge is 0.439 e. The van der Waals surface area contributed by atoms with Crippen molar-refractivity contribution in [1.29, 1.82) is 0 Å². The van der Waals surface area contributed by atoms with E-state index in [2.05, 4.69) is 35.9 Å². The second kappa shape index (κ2) is 5.90. The maximum absolute atomic E-state index is 5.94. The molecule has 2 aromatic rings. The van der Waals surface area contributed by atoms with Crippen LogP contribution >= 0.6 is 0 Å². The first-order chi connectivity index (χ1) is 9.49. The van der Waals surface area contributed by atoms with E-state index in [1.807, 2.05) is 19.9 Å². The van der Waals surface area contributed by atoms with Gasteiger partial charge in [-0.15, -0.1) is 0 Å². The molecule has 0 aliphatic carbocycles. The predicted molar refractivity (Wildman–Crippen MR) is 81.2 cm³/mol. The standard InChI is InChI=1S/C16H21N3O/c1-5-15-18-14(17)9-16(19-15)20-13-8-11(4)6-7-12(13)10(2)3/h6-10H,5H2,1-4H3,(H2,17,18,19). The zero-order valence-corrected chi connectivity index (χ0v) is 12.5. The van der Waals surface area contributed by atoms with Gasteiger partial charge in [0.05, 0.1) is 0 Å². The number of ether oxygens (including phenoxy) is 1. The number of nitrogens with two attached hydrogens (primary N) is 1. The van der Waals surface area contributed by atoms with Crippen LogP contribution in [0.3, 0.4) is 0 Å². The van der Waals surface area contributed by atoms with Gasteiger partial charge in [-0.05, 0) is 30.0 Å². The Bertz CT molecular complexity index is 609. The maximum atomic E-state index is 5.94. The normalized spacial score (nSPS) is 10.8. The van der Waals surface area contributed by atoms with E-state index in [4.69, 9.17) is 10.5 Å². The third-order valence-electron chi connectivity index (χ3n) is 3.09. The fraction of sp³-hybridized carbons (Fsp3) is 0.375. The van der Waals surface area contributed by atoms with Crippen molar-refractivity contribution >= 4 is 5.82 Å². The van der Waals surface area contributed by atoms with Crippen molar-refractivity contribution in [3.63, 3.8) is 0 Å². The molecule has 1 aromatic carbocycles. The van der Waals surface area contributed by atoms with Gasteiger partial charge in [0.2, 0.25) is 5.88 Å². The minimum Gasteiger partial charge on any atom is -0.439 e. The molecule has 4 heteroatoms. The van der Waals surface area contributed by atoms with Crippen molar-refractivity contribution in [2.75, 3.05) is 5.73 Å². The molecule has 2 N–H and O–H groups in total. The van der Waals surface area contributed by atoms with Crippen LogP contribution in [0, 0.1) is 6.92 Å². The summed E-state index contributed by atoms with van der Waals surface area (Å²) in [6.45, 7) is 8.32. The second-order valence-electron chi connectivity index (χ2n) is 5.20.